The number of carbonyl (C=O) groups is 6. The zero-order valence-electron chi connectivity index (χ0n) is 54.7. The van der Waals surface area contributed by atoms with Crippen LogP contribution in [0.25, 0.3) is 0 Å². The summed E-state index contributed by atoms with van der Waals surface area (Å²) in [7, 11) is -1.00. The highest BCUT2D eigenvalue weighted by atomic mass is 32.1. The number of hydrogen-bond acceptors (Lipinski definition) is 13. The molecule has 3 aromatic rings. The van der Waals surface area contributed by atoms with Crippen LogP contribution in [0.1, 0.15) is 155 Å². The van der Waals surface area contributed by atoms with E-state index in [0.717, 1.165) is 65.7 Å². The van der Waals surface area contributed by atoms with E-state index >= 15 is 0 Å². The molecular formula is C62H106F4N5O13S2+. The minimum Gasteiger partial charge on any atom is -0.493 e. The second kappa shape index (κ2) is 47.3. The van der Waals surface area contributed by atoms with Crippen LogP contribution in [-0.4, -0.2) is 121 Å². The van der Waals surface area contributed by atoms with Crippen LogP contribution in [0, 0.1) is 53.4 Å². The Kier molecular flexibility index (Phi) is 47.6. The molecule has 0 bridgehead atoms. The molecule has 0 saturated heterocycles. The topological polar surface area (TPSA) is 293 Å². The van der Waals surface area contributed by atoms with E-state index in [1.807, 2.05) is 110 Å². The fourth-order valence-corrected chi connectivity index (χ4v) is 7.30. The number of hydrogen-bond donors (Lipinski definition) is 7. The summed E-state index contributed by atoms with van der Waals surface area (Å²) >= 11 is 0. The fourth-order valence-electron chi connectivity index (χ4n) is 7.30. The van der Waals surface area contributed by atoms with Gasteiger partial charge in [-0.1, -0.05) is 68.4 Å². The van der Waals surface area contributed by atoms with Crippen molar-refractivity contribution in [3.63, 3.8) is 0 Å². The number of halogens is 4. The van der Waals surface area contributed by atoms with Crippen molar-refractivity contribution in [2.24, 2.45) is 23.3 Å². The van der Waals surface area contributed by atoms with E-state index in [-0.39, 0.29) is 68.9 Å². The van der Waals surface area contributed by atoms with Crippen LogP contribution in [0.4, 0.5) is 27.2 Å². The van der Waals surface area contributed by atoms with E-state index in [1.165, 1.54) is 11.1 Å². The summed E-state index contributed by atoms with van der Waals surface area (Å²) < 4.78 is 75.4. The zero-order valence-corrected chi connectivity index (χ0v) is 55.7. The van der Waals surface area contributed by atoms with Gasteiger partial charge in [0, 0.05) is 38.8 Å². The van der Waals surface area contributed by atoms with Crippen LogP contribution in [0.3, 0.4) is 0 Å². The third kappa shape index (κ3) is 46.4. The standard InChI is InChI=1S/C28H46N2O6.C18H30N2O2.C11H17NO.C2HF3O2.C2H4O2.CH3F.2H2S/c1-19(18-34-24-20(2)13-12-14-21(24)3)17-23(31)22(30-26(33)36-28(7,8)9)15-10-11-16-29-25(32)35-27(4,5)6;1-13(11-17(21)16(20)9-4-5-10-19)12-22-18-14(2)7-6-8-15(18)3;1-8-5-4-6-9(2)11(8)13-7-10(3)12;3-2(4,5)1(6)7;1-2(3)4;1-2;;/h12-14,19,22H,10-11,15-18H2,1-9H3,(H,29,32)(H,30,33);6-8,13,16H,4-5,9-12,19-20H2,1-3H3;4-6,10H,7,12H2,1-3H3;(H,6,7);1H3,(H,3,4);1H3;2*1H2/p+1/t19?,22-;13?,16-;;;;;;/m00....../s1/i;;;;;1D;;. The lowest BCUT2D eigenvalue weighted by Crippen LogP contribution is -2.65. The number of aryl methyl sites for hydroxylation is 6. The molecule has 86 heavy (non-hydrogen) atoms. The Morgan fingerprint density at radius 1 is 0.616 bits per heavy atom. The first-order chi connectivity index (χ1) is 39.2. The van der Waals surface area contributed by atoms with Gasteiger partial charge in [0.1, 0.15) is 41.1 Å². The number of aliphatic carboxylic acids is 2. The quantitative estimate of drug-likeness (QED) is 0.0307. The number of ether oxygens (including phenoxy) is 5. The van der Waals surface area contributed by atoms with Crippen molar-refractivity contribution in [2.45, 2.75) is 198 Å². The molecule has 0 radical (unpaired) electrons. The van der Waals surface area contributed by atoms with Crippen molar-refractivity contribution in [3.05, 3.63) is 88.0 Å². The zero-order chi connectivity index (χ0) is 66.3. The van der Waals surface area contributed by atoms with E-state index in [2.05, 4.69) is 23.3 Å². The number of rotatable bonds is 25. The lowest BCUT2D eigenvalue weighted by atomic mass is 9.97. The predicted octanol–water partition coefficient (Wildman–Crippen LogP) is 11.4. The first-order valence-electron chi connectivity index (χ1n) is 28.7. The number of nitrogens with one attached hydrogen (secondary N) is 2. The van der Waals surface area contributed by atoms with Crippen LogP contribution < -0.4 is 42.0 Å². The SMILES string of the molecule is CC(=O)O.Cc1cccc(C)c1OCC(C)CC(=O)[C@@H]([NH3+])CCCCN.Cc1cccc(C)c1OCC(C)CC(=O)[C@H](CCCCNC(=O)OC(C)(C)C)NC(=O)OC(C)(C)C.Cc1cccc(C)c1OCC(C)N.O=C(O)C(F)(F)F.S.S.[2H]CF. The second-order valence-electron chi connectivity index (χ2n) is 22.6. The minimum atomic E-state index is -5.08. The highest BCUT2D eigenvalue weighted by Crippen LogP contribution is 2.26. The second-order valence-corrected chi connectivity index (χ2v) is 22.6. The first kappa shape index (κ1) is 86.6. The average Bonchev–Trinajstić information content (AvgIpc) is 3.47. The molecule has 11 N–H and O–H groups in total. The number of benzene rings is 3. The van der Waals surface area contributed by atoms with Crippen molar-refractivity contribution in [1.82, 2.24) is 10.6 Å². The molecule has 3 rings (SSSR count). The normalized spacial score (nSPS) is 12.4. The predicted molar refractivity (Wildman–Crippen MR) is 341 cm³/mol. The molecule has 0 spiro atoms. The number of amides is 2. The third-order valence-electron chi connectivity index (χ3n) is 11.2. The lowest BCUT2D eigenvalue weighted by Gasteiger charge is -2.24. The summed E-state index contributed by atoms with van der Waals surface area (Å²) in [6.07, 6.45) is -0.886. The van der Waals surface area contributed by atoms with Crippen LogP contribution in [-0.2, 0) is 28.7 Å². The first-order valence-corrected chi connectivity index (χ1v) is 27.9. The number of unbranched alkanes of at least 4 members (excludes halogenated alkanes) is 2. The highest BCUT2D eigenvalue weighted by molar-refractivity contribution is 7.59. The molecule has 0 fully saturated rings. The maximum absolute atomic E-state index is 13.1. The van der Waals surface area contributed by atoms with Gasteiger partial charge < -0.3 is 61.7 Å². The molecule has 3 unspecified atom stereocenters. The van der Waals surface area contributed by atoms with Gasteiger partial charge in [0.05, 0.1) is 27.8 Å². The van der Waals surface area contributed by atoms with E-state index in [1.54, 1.807) is 41.5 Å². The van der Waals surface area contributed by atoms with E-state index in [0.29, 0.717) is 58.6 Å². The molecular weight excluding hydrogens is 1160 g/mol. The average molecular weight is 1270 g/mol. The maximum atomic E-state index is 13.1. The molecule has 0 saturated carbocycles. The molecule has 0 aromatic heterocycles. The molecule has 18 nitrogen and oxygen atoms in total. The van der Waals surface area contributed by atoms with Crippen molar-refractivity contribution in [3.8, 4) is 17.2 Å². The number of carbonyl (C=O) groups excluding carboxylic acids is 4. The van der Waals surface area contributed by atoms with Crippen molar-refractivity contribution in [2.75, 3.05) is 40.1 Å². The molecule has 5 atom stereocenters. The smallest absolute Gasteiger partial charge is 0.490 e. The van der Waals surface area contributed by atoms with Crippen molar-refractivity contribution in [1.29, 1.82) is 0 Å². The Labute approximate surface area is 524 Å². The summed E-state index contributed by atoms with van der Waals surface area (Å²) in [5.41, 5.74) is 20.6. The van der Waals surface area contributed by atoms with Crippen LogP contribution in [0.5, 0.6) is 17.2 Å². The number of ketones is 2. The van der Waals surface area contributed by atoms with Gasteiger partial charge in [-0.25, -0.2) is 14.4 Å². The maximum Gasteiger partial charge on any atom is 0.490 e. The number of nitrogens with two attached hydrogens (primary N) is 2. The van der Waals surface area contributed by atoms with Crippen molar-refractivity contribution >= 4 is 62.7 Å². The summed E-state index contributed by atoms with van der Waals surface area (Å²) in [5.74, 6) is -0.507. The van der Waals surface area contributed by atoms with E-state index in [9.17, 15) is 36.7 Å². The Morgan fingerprint density at radius 3 is 1.27 bits per heavy atom. The van der Waals surface area contributed by atoms with Gasteiger partial charge in [0.25, 0.3) is 5.97 Å². The van der Waals surface area contributed by atoms with Gasteiger partial charge >= 0.3 is 24.3 Å². The molecule has 0 aliphatic carbocycles. The third-order valence-corrected chi connectivity index (χ3v) is 11.2. The fraction of sp³-hybridized carbons (Fsp3) is 0.613. The number of alkyl halides is 4. The Hall–Kier alpha value is -5.82. The number of quaternary nitrogens is 1. The summed E-state index contributed by atoms with van der Waals surface area (Å²) in [6.45, 7) is 32.6. The van der Waals surface area contributed by atoms with Gasteiger partial charge in [0.15, 0.2) is 11.6 Å². The molecule has 0 aliphatic rings. The number of para-hydroxylation sites is 3. The van der Waals surface area contributed by atoms with E-state index < -0.39 is 54.7 Å². The lowest BCUT2D eigenvalue weighted by molar-refractivity contribution is -0.404. The summed E-state index contributed by atoms with van der Waals surface area (Å²) in [4.78, 5) is 67.3. The number of alkyl carbamates (subject to hydrolysis) is 2. The van der Waals surface area contributed by atoms with Crippen molar-refractivity contribution < 1.29 is 87.3 Å². The molecule has 24 heteroatoms. The molecule has 0 heterocycles. The van der Waals surface area contributed by atoms with Crippen LogP contribution in [0.15, 0.2) is 54.6 Å². The molecule has 0 aliphatic heterocycles. The highest BCUT2D eigenvalue weighted by Gasteiger charge is 2.38. The molecule has 2 amide bonds. The number of carboxylic acids is 2. The monoisotopic (exact) mass is 1270 g/mol. The van der Waals surface area contributed by atoms with Crippen LogP contribution in [0.2, 0.25) is 0 Å². The van der Waals surface area contributed by atoms with Gasteiger partial charge in [0.2, 0.25) is 0 Å². The summed E-state index contributed by atoms with van der Waals surface area (Å²) in [6, 6.07) is 17.5. The Balaban J connectivity index is -0.000000370. The molecule has 496 valence electrons. The Bertz CT molecular complexity index is 2370. The van der Waals surface area contributed by atoms with Gasteiger partial charge in [-0.3, -0.25) is 18.8 Å². The van der Waals surface area contributed by atoms with Crippen LogP contribution >= 0.6 is 27.0 Å². The van der Waals surface area contributed by atoms with Gasteiger partial charge in [-0.2, -0.15) is 40.2 Å². The van der Waals surface area contributed by atoms with E-state index in [4.69, 9.17) is 56.3 Å². The molecule has 3 aromatic carbocycles. The Morgan fingerprint density at radius 2 is 0.942 bits per heavy atom. The number of Topliss-reactive ketones (excluding diaryl/α,β-unsaturated/α-hetero) is 2. The minimum absolute atomic E-state index is 0. The largest absolute Gasteiger partial charge is 0.493 e. The summed E-state index contributed by atoms with van der Waals surface area (Å²) in [5, 5.41) is 20.0. The van der Waals surface area contributed by atoms with Gasteiger partial charge in [-0.15, -0.1) is 0 Å². The van der Waals surface area contributed by atoms with Gasteiger partial charge in [-0.05, 0) is 174 Å². The number of carboxylic acid groups (broad SMARTS) is 2.